The first-order valence-corrected chi connectivity index (χ1v) is 10.7. The molecule has 34 heavy (non-hydrogen) atoms. The maximum absolute atomic E-state index is 13.4. The predicted molar refractivity (Wildman–Crippen MR) is 122 cm³/mol. The van der Waals surface area contributed by atoms with Crippen molar-refractivity contribution in [2.45, 2.75) is 19.5 Å². The van der Waals surface area contributed by atoms with Crippen molar-refractivity contribution in [1.82, 2.24) is 24.9 Å². The zero-order valence-electron chi connectivity index (χ0n) is 19.1. The average Bonchev–Trinajstić information content (AvgIpc) is 3.37. The third-order valence-electron chi connectivity index (χ3n) is 6.11. The molecular weight excluding hydrogens is 444 g/mol. The number of nitrogens with zero attached hydrogens (tertiary/aromatic N) is 4. The van der Waals surface area contributed by atoms with Gasteiger partial charge in [-0.1, -0.05) is 6.92 Å². The largest absolute Gasteiger partial charge is 0.496 e. The molecular formula is C24H23F2N5O3. The standard InChI is InChI=1S/C24H23F2N5O3/c1-12-9-27-23(32)20-16(12)5-14(8-18(20)33-4)22-21-17(29-31(22)3)6-13(7-19(21)34-24(25)26)15-10-28-30(2)11-15/h5-8,10-12,24H,9H2,1-4H3,(H,27,32)/t12-/m0/s1. The maximum Gasteiger partial charge on any atom is 0.387 e. The molecule has 1 amide bonds. The molecule has 2 aromatic heterocycles. The number of amides is 1. The van der Waals surface area contributed by atoms with Crippen LogP contribution in [0.2, 0.25) is 0 Å². The molecule has 0 spiro atoms. The Labute approximate surface area is 194 Å². The number of benzene rings is 2. The highest BCUT2D eigenvalue weighted by Gasteiger charge is 2.29. The van der Waals surface area contributed by atoms with E-state index in [1.54, 1.807) is 48.0 Å². The Morgan fingerprint density at radius 2 is 1.88 bits per heavy atom. The lowest BCUT2D eigenvalue weighted by atomic mass is 9.88. The van der Waals surface area contributed by atoms with Crippen molar-refractivity contribution in [2.24, 2.45) is 14.1 Å². The number of carbonyl (C=O) groups excluding carboxylic acids is 1. The van der Waals surface area contributed by atoms with E-state index >= 15 is 0 Å². The molecule has 1 aliphatic rings. The third-order valence-corrected chi connectivity index (χ3v) is 6.11. The zero-order valence-corrected chi connectivity index (χ0v) is 19.1. The van der Waals surface area contributed by atoms with Crippen LogP contribution in [0.5, 0.6) is 11.5 Å². The molecule has 0 saturated carbocycles. The Kier molecular flexibility index (Phi) is 5.22. The number of hydrogen-bond acceptors (Lipinski definition) is 5. The molecule has 0 radical (unpaired) electrons. The second-order valence-electron chi connectivity index (χ2n) is 8.38. The van der Waals surface area contributed by atoms with E-state index in [-0.39, 0.29) is 17.6 Å². The number of hydrogen-bond donors (Lipinski definition) is 1. The molecule has 0 aliphatic carbocycles. The van der Waals surface area contributed by atoms with Crippen LogP contribution in [0.3, 0.4) is 0 Å². The number of halogens is 2. The molecule has 176 valence electrons. The Morgan fingerprint density at radius 1 is 1.12 bits per heavy atom. The monoisotopic (exact) mass is 467 g/mol. The quantitative estimate of drug-likeness (QED) is 0.478. The average molecular weight is 467 g/mol. The predicted octanol–water partition coefficient (Wildman–Crippen LogP) is 4.10. The molecule has 1 atom stereocenters. The summed E-state index contributed by atoms with van der Waals surface area (Å²) >= 11 is 0. The minimum absolute atomic E-state index is 0.0110. The van der Waals surface area contributed by atoms with E-state index in [4.69, 9.17) is 9.47 Å². The summed E-state index contributed by atoms with van der Waals surface area (Å²) in [5.41, 5.74) is 4.51. The highest BCUT2D eigenvalue weighted by Crippen LogP contribution is 2.42. The van der Waals surface area contributed by atoms with Crippen LogP contribution in [0.25, 0.3) is 33.3 Å². The Bertz CT molecular complexity index is 1430. The van der Waals surface area contributed by atoms with Crippen LogP contribution in [-0.4, -0.2) is 45.7 Å². The summed E-state index contributed by atoms with van der Waals surface area (Å²) in [5, 5.41) is 12.1. The summed E-state index contributed by atoms with van der Waals surface area (Å²) in [6.07, 6.45) is 3.44. The van der Waals surface area contributed by atoms with E-state index < -0.39 is 6.61 Å². The summed E-state index contributed by atoms with van der Waals surface area (Å²) in [7, 11) is 5.02. The second-order valence-corrected chi connectivity index (χ2v) is 8.38. The molecule has 0 unspecified atom stereocenters. The van der Waals surface area contributed by atoms with Crippen LogP contribution in [-0.2, 0) is 14.1 Å². The molecule has 1 N–H and O–H groups in total. The number of alkyl halides is 2. The fourth-order valence-corrected chi connectivity index (χ4v) is 4.56. The number of ether oxygens (including phenoxy) is 2. The summed E-state index contributed by atoms with van der Waals surface area (Å²) in [6.45, 7) is -0.505. The van der Waals surface area contributed by atoms with E-state index in [2.05, 4.69) is 15.5 Å². The molecule has 10 heteroatoms. The van der Waals surface area contributed by atoms with Gasteiger partial charge in [0.1, 0.15) is 11.5 Å². The lowest BCUT2D eigenvalue weighted by molar-refractivity contribution is -0.0487. The van der Waals surface area contributed by atoms with Gasteiger partial charge < -0.3 is 14.8 Å². The van der Waals surface area contributed by atoms with Gasteiger partial charge in [0.05, 0.1) is 35.5 Å². The van der Waals surface area contributed by atoms with Gasteiger partial charge in [-0.3, -0.25) is 14.2 Å². The number of methoxy groups -OCH3 is 1. The van der Waals surface area contributed by atoms with Gasteiger partial charge in [-0.25, -0.2) is 0 Å². The topological polar surface area (TPSA) is 83.2 Å². The van der Waals surface area contributed by atoms with Crippen molar-refractivity contribution >= 4 is 16.8 Å². The van der Waals surface area contributed by atoms with Gasteiger partial charge in [0.25, 0.3) is 5.91 Å². The van der Waals surface area contributed by atoms with Gasteiger partial charge in [-0.05, 0) is 41.3 Å². The molecule has 0 fully saturated rings. The molecule has 8 nitrogen and oxygen atoms in total. The summed E-state index contributed by atoms with van der Waals surface area (Å²) in [6, 6.07) is 7.02. The van der Waals surface area contributed by atoms with Crippen LogP contribution in [0.1, 0.15) is 28.8 Å². The number of rotatable bonds is 5. The van der Waals surface area contributed by atoms with Crippen LogP contribution < -0.4 is 14.8 Å². The minimum Gasteiger partial charge on any atom is -0.496 e. The van der Waals surface area contributed by atoms with Gasteiger partial charge in [-0.2, -0.15) is 19.0 Å². The number of nitrogens with one attached hydrogen (secondary N) is 1. The molecule has 2 aromatic carbocycles. The maximum atomic E-state index is 13.4. The summed E-state index contributed by atoms with van der Waals surface area (Å²) in [5.74, 6) is 0.273. The first kappa shape index (κ1) is 21.9. The van der Waals surface area contributed by atoms with Crippen molar-refractivity contribution < 1.29 is 23.0 Å². The minimum atomic E-state index is -3.01. The van der Waals surface area contributed by atoms with Crippen molar-refractivity contribution in [3.05, 3.63) is 47.8 Å². The first-order chi connectivity index (χ1) is 16.3. The van der Waals surface area contributed by atoms with Crippen LogP contribution >= 0.6 is 0 Å². The first-order valence-electron chi connectivity index (χ1n) is 10.7. The van der Waals surface area contributed by atoms with Crippen LogP contribution in [0.4, 0.5) is 8.78 Å². The zero-order chi connectivity index (χ0) is 24.1. The summed E-state index contributed by atoms with van der Waals surface area (Å²) < 4.78 is 40.6. The van der Waals surface area contributed by atoms with Gasteiger partial charge in [0.2, 0.25) is 0 Å². The molecule has 1 aliphatic heterocycles. The van der Waals surface area contributed by atoms with E-state index in [1.807, 2.05) is 19.1 Å². The molecule has 4 aromatic rings. The van der Waals surface area contributed by atoms with Gasteiger partial charge in [-0.15, -0.1) is 0 Å². The Morgan fingerprint density at radius 3 is 2.56 bits per heavy atom. The highest BCUT2D eigenvalue weighted by molar-refractivity contribution is 6.03. The van der Waals surface area contributed by atoms with E-state index in [0.29, 0.717) is 45.6 Å². The molecule has 5 rings (SSSR count). The second kappa shape index (κ2) is 8.12. The fourth-order valence-electron chi connectivity index (χ4n) is 4.56. The Balaban J connectivity index is 1.77. The Hall–Kier alpha value is -3.95. The van der Waals surface area contributed by atoms with Crippen molar-refractivity contribution in [3.8, 4) is 33.9 Å². The highest BCUT2D eigenvalue weighted by atomic mass is 19.3. The van der Waals surface area contributed by atoms with Crippen molar-refractivity contribution in [1.29, 1.82) is 0 Å². The smallest absolute Gasteiger partial charge is 0.387 e. The summed E-state index contributed by atoms with van der Waals surface area (Å²) in [4.78, 5) is 12.5. The van der Waals surface area contributed by atoms with E-state index in [1.165, 1.54) is 7.11 Å². The number of carbonyl (C=O) groups is 1. The normalized spacial score (nSPS) is 15.5. The van der Waals surface area contributed by atoms with Gasteiger partial charge >= 0.3 is 6.61 Å². The molecule has 0 saturated heterocycles. The number of aryl methyl sites for hydroxylation is 2. The van der Waals surface area contributed by atoms with Crippen molar-refractivity contribution in [2.75, 3.05) is 13.7 Å². The van der Waals surface area contributed by atoms with Crippen molar-refractivity contribution in [3.63, 3.8) is 0 Å². The molecule has 0 bridgehead atoms. The lowest BCUT2D eigenvalue weighted by Gasteiger charge is -2.25. The fraction of sp³-hybridized carbons (Fsp3) is 0.292. The lowest BCUT2D eigenvalue weighted by Crippen LogP contribution is -2.34. The number of fused-ring (bicyclic) bond motifs is 2. The van der Waals surface area contributed by atoms with Gasteiger partial charge in [0, 0.05) is 38.0 Å². The van der Waals surface area contributed by atoms with Gasteiger partial charge in [0.15, 0.2) is 0 Å². The van der Waals surface area contributed by atoms with Crippen LogP contribution in [0, 0.1) is 0 Å². The molecule has 3 heterocycles. The third kappa shape index (κ3) is 3.55. The van der Waals surface area contributed by atoms with E-state index in [0.717, 1.165) is 11.1 Å². The van der Waals surface area contributed by atoms with Crippen LogP contribution in [0.15, 0.2) is 36.7 Å². The number of aromatic nitrogens is 4. The SMILES string of the molecule is COc1cc(-c2c3c(OC(F)F)cc(-c4cnn(C)c4)cc3nn2C)cc2c1C(=O)NC[C@@H]2C. The van der Waals surface area contributed by atoms with E-state index in [9.17, 15) is 13.6 Å².